The smallest absolute Gasteiger partial charge is 0.241 e. The normalized spacial score (nSPS) is 24.1. The Morgan fingerprint density at radius 2 is 2.04 bits per heavy atom. The number of likely N-dealkylation sites (tertiary alicyclic amines) is 1. The predicted octanol–water partition coefficient (Wildman–Crippen LogP) is 0.743. The van der Waals surface area contributed by atoms with Crippen LogP contribution >= 0.6 is 24.0 Å². The number of nitrogens with one attached hydrogen (secondary N) is 1. The van der Waals surface area contributed by atoms with Crippen molar-refractivity contribution in [3.8, 4) is 0 Å². The lowest BCUT2D eigenvalue weighted by molar-refractivity contribution is -0.189. The van der Waals surface area contributed by atoms with Crippen LogP contribution in [0.4, 0.5) is 0 Å². The van der Waals surface area contributed by atoms with Crippen LogP contribution in [0.2, 0.25) is 0 Å². The van der Waals surface area contributed by atoms with Crippen LogP contribution in [0.5, 0.6) is 0 Å². The van der Waals surface area contributed by atoms with Crippen molar-refractivity contribution in [2.45, 2.75) is 25.6 Å². The van der Waals surface area contributed by atoms with E-state index in [0.717, 1.165) is 31.9 Å². The van der Waals surface area contributed by atoms with Gasteiger partial charge < -0.3 is 24.6 Å². The van der Waals surface area contributed by atoms with E-state index in [1.807, 2.05) is 6.92 Å². The fourth-order valence-corrected chi connectivity index (χ4v) is 3.01. The van der Waals surface area contributed by atoms with E-state index in [0.29, 0.717) is 19.1 Å². The van der Waals surface area contributed by atoms with Crippen molar-refractivity contribution in [3.63, 3.8) is 0 Å². The molecule has 2 rings (SSSR count). The molecule has 134 valence electrons. The lowest BCUT2D eigenvalue weighted by Crippen LogP contribution is -2.53. The largest absolute Gasteiger partial charge is 0.347 e. The van der Waals surface area contributed by atoms with Crippen molar-refractivity contribution in [1.29, 1.82) is 0 Å². The number of carbonyl (C=O) groups excluding carboxylic acids is 1. The van der Waals surface area contributed by atoms with E-state index in [-0.39, 0.29) is 36.4 Å². The molecule has 2 heterocycles. The zero-order valence-electron chi connectivity index (χ0n) is 14.5. The molecule has 0 aromatic heterocycles. The highest BCUT2D eigenvalue weighted by Crippen LogP contribution is 2.33. The van der Waals surface area contributed by atoms with Crippen molar-refractivity contribution < 1.29 is 14.3 Å². The summed E-state index contributed by atoms with van der Waals surface area (Å²) < 4.78 is 11.6. The Morgan fingerprint density at radius 1 is 1.39 bits per heavy atom. The second kappa shape index (κ2) is 9.03. The van der Waals surface area contributed by atoms with Crippen molar-refractivity contribution in [3.05, 3.63) is 0 Å². The first-order valence-electron chi connectivity index (χ1n) is 7.90. The van der Waals surface area contributed by atoms with Gasteiger partial charge in [0.2, 0.25) is 5.91 Å². The second-order valence-electron chi connectivity index (χ2n) is 6.19. The van der Waals surface area contributed by atoms with Gasteiger partial charge in [-0.2, -0.15) is 0 Å². The summed E-state index contributed by atoms with van der Waals surface area (Å²) in [7, 11) is 5.25. The van der Waals surface area contributed by atoms with Crippen molar-refractivity contribution in [2.75, 3.05) is 54.0 Å². The summed E-state index contributed by atoms with van der Waals surface area (Å²) >= 11 is 0. The average Bonchev–Trinajstić information content (AvgIpc) is 2.96. The van der Waals surface area contributed by atoms with Gasteiger partial charge in [-0.1, -0.05) is 0 Å². The number of nitrogens with zero attached hydrogens (tertiary/aromatic N) is 3. The Hall–Kier alpha value is -0.610. The Bertz CT molecular complexity index is 425. The van der Waals surface area contributed by atoms with E-state index in [1.54, 1.807) is 26.0 Å². The van der Waals surface area contributed by atoms with Crippen LogP contribution in [0.1, 0.15) is 19.8 Å². The highest BCUT2D eigenvalue weighted by molar-refractivity contribution is 14.0. The molecule has 0 bridgehead atoms. The first-order valence-corrected chi connectivity index (χ1v) is 7.90. The molecule has 1 N–H and O–H groups in total. The zero-order chi connectivity index (χ0) is 16.2. The summed E-state index contributed by atoms with van der Waals surface area (Å²) in [5.74, 6) is 0.620. The molecule has 0 saturated carbocycles. The molecule has 7 nitrogen and oxygen atoms in total. The number of carbonyl (C=O) groups is 1. The number of guanidine groups is 1. The van der Waals surface area contributed by atoms with E-state index < -0.39 is 5.79 Å². The monoisotopic (exact) mass is 440 g/mol. The van der Waals surface area contributed by atoms with Crippen LogP contribution in [0.3, 0.4) is 0 Å². The summed E-state index contributed by atoms with van der Waals surface area (Å²) in [5, 5.41) is 3.15. The Morgan fingerprint density at radius 3 is 2.61 bits per heavy atom. The molecule has 2 fully saturated rings. The number of hydrogen-bond donors (Lipinski definition) is 1. The average molecular weight is 440 g/mol. The highest BCUT2D eigenvalue weighted by Gasteiger charge is 2.42. The van der Waals surface area contributed by atoms with Crippen LogP contribution in [-0.4, -0.2) is 81.4 Å². The molecule has 0 aromatic carbocycles. The van der Waals surface area contributed by atoms with Gasteiger partial charge in [0, 0.05) is 40.2 Å². The Balaban J connectivity index is 0.00000264. The topological polar surface area (TPSA) is 66.4 Å². The van der Waals surface area contributed by atoms with E-state index in [2.05, 4.69) is 15.2 Å². The molecule has 8 heteroatoms. The van der Waals surface area contributed by atoms with Crippen molar-refractivity contribution in [1.82, 2.24) is 15.1 Å². The quantitative estimate of drug-likeness (QED) is 0.399. The lowest BCUT2D eigenvalue weighted by Gasteiger charge is -2.41. The predicted molar refractivity (Wildman–Crippen MR) is 100 cm³/mol. The number of rotatable bonds is 3. The number of ether oxygens (including phenoxy) is 2. The van der Waals surface area contributed by atoms with Gasteiger partial charge in [-0.05, 0) is 19.8 Å². The van der Waals surface area contributed by atoms with Gasteiger partial charge >= 0.3 is 0 Å². The molecule has 0 spiro atoms. The Kier molecular flexibility index (Phi) is 8.02. The Labute approximate surface area is 155 Å². The van der Waals surface area contributed by atoms with Crippen molar-refractivity contribution >= 4 is 35.8 Å². The van der Waals surface area contributed by atoms with Gasteiger partial charge in [-0.3, -0.25) is 9.79 Å². The first kappa shape index (κ1) is 20.4. The molecular formula is C15H29IN4O3. The SMILES string of the molecule is CN=C(NCC(=O)N(C)C)N1CCCC(C2(C)OCCO2)C1.I. The molecule has 1 atom stereocenters. The molecule has 23 heavy (non-hydrogen) atoms. The minimum Gasteiger partial charge on any atom is -0.347 e. The summed E-state index contributed by atoms with van der Waals surface area (Å²) in [6, 6.07) is 0. The van der Waals surface area contributed by atoms with E-state index in [1.165, 1.54) is 0 Å². The van der Waals surface area contributed by atoms with E-state index in [4.69, 9.17) is 9.47 Å². The van der Waals surface area contributed by atoms with Gasteiger partial charge in [0.25, 0.3) is 0 Å². The molecule has 1 unspecified atom stereocenters. The number of piperidine rings is 1. The van der Waals surface area contributed by atoms with Gasteiger partial charge in [0.05, 0.1) is 19.8 Å². The third-order valence-corrected chi connectivity index (χ3v) is 4.43. The third kappa shape index (κ3) is 5.18. The van der Waals surface area contributed by atoms with Gasteiger partial charge in [-0.25, -0.2) is 0 Å². The van der Waals surface area contributed by atoms with Gasteiger partial charge in [-0.15, -0.1) is 24.0 Å². The van der Waals surface area contributed by atoms with Crippen LogP contribution in [0.25, 0.3) is 0 Å². The lowest BCUT2D eigenvalue weighted by atomic mass is 9.90. The summed E-state index contributed by atoms with van der Waals surface area (Å²) in [4.78, 5) is 19.8. The summed E-state index contributed by atoms with van der Waals surface area (Å²) in [6.45, 7) is 5.37. The summed E-state index contributed by atoms with van der Waals surface area (Å²) in [5.41, 5.74) is 0. The standard InChI is InChI=1S/C15H28N4O3.HI/c1-15(21-8-9-22-15)12-6-5-7-19(11-12)14(16-2)17-10-13(20)18(3)4;/h12H,5-11H2,1-4H3,(H,16,17);1H. The maximum absolute atomic E-state index is 11.7. The van der Waals surface area contributed by atoms with Crippen LogP contribution in [0.15, 0.2) is 4.99 Å². The van der Waals surface area contributed by atoms with E-state index in [9.17, 15) is 4.79 Å². The van der Waals surface area contributed by atoms with Crippen LogP contribution < -0.4 is 5.32 Å². The second-order valence-corrected chi connectivity index (χ2v) is 6.19. The molecule has 2 saturated heterocycles. The first-order chi connectivity index (χ1) is 10.5. The van der Waals surface area contributed by atoms with Crippen LogP contribution in [0, 0.1) is 5.92 Å². The molecule has 0 aliphatic carbocycles. The van der Waals surface area contributed by atoms with Gasteiger partial charge in [0.1, 0.15) is 0 Å². The number of aliphatic imine (C=N–C) groups is 1. The maximum Gasteiger partial charge on any atom is 0.241 e. The number of amides is 1. The molecular weight excluding hydrogens is 411 g/mol. The third-order valence-electron chi connectivity index (χ3n) is 4.43. The fourth-order valence-electron chi connectivity index (χ4n) is 3.01. The molecule has 2 aliphatic heterocycles. The van der Waals surface area contributed by atoms with Crippen LogP contribution in [-0.2, 0) is 14.3 Å². The maximum atomic E-state index is 11.7. The van der Waals surface area contributed by atoms with Crippen molar-refractivity contribution in [2.24, 2.45) is 10.9 Å². The molecule has 1 amide bonds. The minimum absolute atomic E-state index is 0. The van der Waals surface area contributed by atoms with Gasteiger partial charge in [0.15, 0.2) is 11.7 Å². The van der Waals surface area contributed by atoms with E-state index >= 15 is 0 Å². The zero-order valence-corrected chi connectivity index (χ0v) is 16.8. The number of likely N-dealkylation sites (N-methyl/N-ethyl adjacent to an activating group) is 1. The molecule has 0 radical (unpaired) electrons. The fraction of sp³-hybridized carbons (Fsp3) is 0.867. The summed E-state index contributed by atoms with van der Waals surface area (Å²) in [6.07, 6.45) is 2.15. The number of halogens is 1. The molecule has 0 aromatic rings. The highest BCUT2D eigenvalue weighted by atomic mass is 127. The minimum atomic E-state index is -0.489. The molecule has 2 aliphatic rings. The number of hydrogen-bond acceptors (Lipinski definition) is 4.